The van der Waals surface area contributed by atoms with E-state index in [0.717, 1.165) is 29.8 Å². The Morgan fingerprint density at radius 1 is 0.729 bits per heavy atom. The van der Waals surface area contributed by atoms with Crippen LogP contribution in [0.3, 0.4) is 0 Å². The van der Waals surface area contributed by atoms with E-state index in [1.165, 1.54) is 36.5 Å². The van der Waals surface area contributed by atoms with Gasteiger partial charge in [-0.05, 0) is 84.6 Å². The second-order valence-corrected chi connectivity index (χ2v) is 9.97. The van der Waals surface area contributed by atoms with E-state index >= 15 is 0 Å². The summed E-state index contributed by atoms with van der Waals surface area (Å²) in [5, 5.41) is 2.92. The van der Waals surface area contributed by atoms with Crippen LogP contribution in [-0.2, 0) is 28.5 Å². The van der Waals surface area contributed by atoms with Crippen LogP contribution in [0, 0.1) is 0 Å². The van der Waals surface area contributed by atoms with Gasteiger partial charge in [0.1, 0.15) is 5.69 Å². The summed E-state index contributed by atoms with van der Waals surface area (Å²) in [7, 11) is 0. The molecule has 0 saturated carbocycles. The predicted molar refractivity (Wildman–Crippen MR) is 170 cm³/mol. The van der Waals surface area contributed by atoms with E-state index in [0.29, 0.717) is 35.2 Å². The van der Waals surface area contributed by atoms with Crippen LogP contribution >= 0.6 is 12.4 Å². The molecule has 0 unspecified atom stereocenters. The summed E-state index contributed by atoms with van der Waals surface area (Å²) in [5.41, 5.74) is 17.0. The number of carbonyl (C=O) groups is 3. The van der Waals surface area contributed by atoms with Crippen molar-refractivity contribution in [3.8, 4) is 22.3 Å². The molecule has 2 heterocycles. The van der Waals surface area contributed by atoms with E-state index in [4.69, 9.17) is 11.5 Å². The molecule has 0 fully saturated rings. The summed E-state index contributed by atoms with van der Waals surface area (Å²) < 4.78 is 74.9. The van der Waals surface area contributed by atoms with Crippen molar-refractivity contribution in [1.29, 1.82) is 0 Å². The van der Waals surface area contributed by atoms with Crippen molar-refractivity contribution < 1.29 is 40.7 Å². The molecule has 0 saturated heterocycles. The minimum atomic E-state index is -4.35. The van der Waals surface area contributed by atoms with Crippen LogP contribution in [0.5, 0.6) is 0 Å². The van der Waals surface area contributed by atoms with Crippen molar-refractivity contribution in [2.24, 2.45) is 17.2 Å². The number of aldehydes is 1. The maximum atomic E-state index is 12.6. The molecule has 2 atom stereocenters. The Bertz CT molecular complexity index is 1630. The average molecular weight is 699 g/mol. The van der Waals surface area contributed by atoms with Gasteiger partial charge in [0.2, 0.25) is 11.8 Å². The number of alkyl halides is 6. The number of hydrogen-bond donors (Lipinski definition) is 4. The van der Waals surface area contributed by atoms with Crippen LogP contribution in [0.1, 0.15) is 41.2 Å². The summed E-state index contributed by atoms with van der Waals surface area (Å²) in [6, 6.07) is 15.3. The van der Waals surface area contributed by atoms with E-state index in [9.17, 15) is 40.7 Å². The summed E-state index contributed by atoms with van der Waals surface area (Å²) in [6.07, 6.45) is -5.09. The molecule has 2 amide bonds. The largest absolute Gasteiger partial charge is 0.416 e. The lowest BCUT2D eigenvalue weighted by atomic mass is 10.0. The molecular weight excluding hydrogens is 666 g/mol. The molecule has 48 heavy (non-hydrogen) atoms. The second-order valence-electron chi connectivity index (χ2n) is 9.97. The number of nitrogens with one attached hydrogen (secondary N) is 1. The highest BCUT2D eigenvalue weighted by Crippen LogP contribution is 2.32. The van der Waals surface area contributed by atoms with Crippen LogP contribution in [0.25, 0.3) is 22.3 Å². The highest BCUT2D eigenvalue weighted by molar-refractivity contribution is 5.85. The molecular formula is C32H33ClF6N6O3. The number of nitrogens with two attached hydrogens (primary N) is 3. The first-order chi connectivity index (χ1) is 21.9. The van der Waals surface area contributed by atoms with Crippen LogP contribution in [-0.4, -0.2) is 40.2 Å². The van der Waals surface area contributed by atoms with Crippen molar-refractivity contribution in [3.63, 3.8) is 0 Å². The molecule has 9 nitrogen and oxygen atoms in total. The SMILES string of the molecule is C[C@H](N)C(N)=O.C[C@H](NCc1cc(-c2ccc(C(F)(F)F)cc2)ccn1)C(N)=O.Cl.O=Cc1cc(-c2ccc(C(F)(F)F)cc2)ccn1. The van der Waals surface area contributed by atoms with Crippen molar-refractivity contribution in [1.82, 2.24) is 15.3 Å². The average Bonchev–Trinajstić information content (AvgIpc) is 3.03. The smallest absolute Gasteiger partial charge is 0.368 e. The third-order valence-electron chi connectivity index (χ3n) is 6.27. The Morgan fingerprint density at radius 3 is 1.52 bits per heavy atom. The Morgan fingerprint density at radius 2 is 1.15 bits per heavy atom. The molecule has 0 bridgehead atoms. The minimum absolute atomic E-state index is 0. The summed E-state index contributed by atoms with van der Waals surface area (Å²) in [4.78, 5) is 39.3. The zero-order chi connectivity index (χ0) is 35.4. The number of nitrogens with zero attached hydrogens (tertiary/aromatic N) is 2. The lowest BCUT2D eigenvalue weighted by Gasteiger charge is -2.11. The number of amides is 2. The molecule has 0 radical (unpaired) electrons. The highest BCUT2D eigenvalue weighted by atomic mass is 35.5. The monoisotopic (exact) mass is 698 g/mol. The van der Waals surface area contributed by atoms with Gasteiger partial charge in [0.25, 0.3) is 0 Å². The molecule has 7 N–H and O–H groups in total. The van der Waals surface area contributed by atoms with Gasteiger partial charge < -0.3 is 22.5 Å². The van der Waals surface area contributed by atoms with Crippen LogP contribution in [0.15, 0.2) is 85.2 Å². The fourth-order valence-electron chi connectivity index (χ4n) is 3.51. The van der Waals surface area contributed by atoms with Crippen LogP contribution in [0.4, 0.5) is 26.3 Å². The van der Waals surface area contributed by atoms with Crippen molar-refractivity contribution in [2.45, 2.75) is 44.8 Å². The van der Waals surface area contributed by atoms with E-state index < -0.39 is 47.4 Å². The van der Waals surface area contributed by atoms with Gasteiger partial charge in [-0.25, -0.2) is 0 Å². The number of pyridine rings is 2. The molecule has 0 aliphatic heterocycles. The fraction of sp³-hybridized carbons (Fsp3) is 0.219. The number of carbonyl (C=O) groups excluding carboxylic acids is 3. The molecule has 0 aliphatic rings. The van der Waals surface area contributed by atoms with Crippen molar-refractivity contribution in [3.05, 3.63) is 108 Å². The molecule has 4 aromatic rings. The fourth-order valence-corrected chi connectivity index (χ4v) is 3.51. The number of primary amides is 2. The van der Waals surface area contributed by atoms with E-state index in [1.807, 2.05) is 0 Å². The van der Waals surface area contributed by atoms with Gasteiger partial charge in [-0.2, -0.15) is 26.3 Å². The van der Waals surface area contributed by atoms with Gasteiger partial charge in [0.05, 0.1) is 28.9 Å². The van der Waals surface area contributed by atoms with Crippen LogP contribution in [0.2, 0.25) is 0 Å². The lowest BCUT2D eigenvalue weighted by molar-refractivity contribution is -0.138. The van der Waals surface area contributed by atoms with Gasteiger partial charge in [0.15, 0.2) is 6.29 Å². The summed E-state index contributed by atoms with van der Waals surface area (Å²) in [5.74, 6) is -0.932. The van der Waals surface area contributed by atoms with Gasteiger partial charge in [-0.1, -0.05) is 24.3 Å². The van der Waals surface area contributed by atoms with Crippen LogP contribution < -0.4 is 22.5 Å². The first-order valence-electron chi connectivity index (χ1n) is 13.7. The zero-order valence-corrected chi connectivity index (χ0v) is 26.4. The number of halogens is 7. The molecule has 0 aliphatic carbocycles. The van der Waals surface area contributed by atoms with E-state index in [-0.39, 0.29) is 18.1 Å². The maximum absolute atomic E-state index is 12.6. The molecule has 258 valence electrons. The maximum Gasteiger partial charge on any atom is 0.416 e. The number of benzene rings is 2. The second kappa shape index (κ2) is 18.5. The molecule has 0 spiro atoms. The van der Waals surface area contributed by atoms with Gasteiger partial charge in [-0.15, -0.1) is 12.4 Å². The molecule has 4 rings (SSSR count). The zero-order valence-electron chi connectivity index (χ0n) is 25.5. The Balaban J connectivity index is 0.000000411. The topological polar surface area (TPSA) is 167 Å². The highest BCUT2D eigenvalue weighted by Gasteiger charge is 2.30. The molecule has 2 aromatic carbocycles. The van der Waals surface area contributed by atoms with Gasteiger partial charge in [0, 0.05) is 18.9 Å². The third kappa shape index (κ3) is 13.5. The standard InChI is InChI=1S/C16H16F3N3O.C13H8F3NO.C3H8N2O.ClH/c1-10(15(20)23)22-9-14-8-12(6-7-21-14)11-2-4-13(5-3-11)16(17,18)19;14-13(15,16)11-3-1-9(2-4-11)10-5-6-17-12(7-10)8-18;1-2(4)3(5)6;/h2-8,10,22H,9H2,1H3,(H2,20,23);1-8H;2H,4H2,1H3,(H2,5,6);1H/t10-;;2-;/m0.0./s1. The number of hydrogen-bond acceptors (Lipinski definition) is 7. The lowest BCUT2D eigenvalue weighted by Crippen LogP contribution is -2.38. The Labute approximate surface area is 278 Å². The molecule has 16 heteroatoms. The van der Waals surface area contributed by atoms with Gasteiger partial charge in [-0.3, -0.25) is 24.4 Å². The normalized spacial score (nSPS) is 12.1. The summed E-state index contributed by atoms with van der Waals surface area (Å²) >= 11 is 0. The van der Waals surface area contributed by atoms with Crippen molar-refractivity contribution in [2.75, 3.05) is 0 Å². The third-order valence-corrected chi connectivity index (χ3v) is 6.27. The van der Waals surface area contributed by atoms with Gasteiger partial charge >= 0.3 is 12.4 Å². The minimum Gasteiger partial charge on any atom is -0.368 e. The van der Waals surface area contributed by atoms with Crippen molar-refractivity contribution >= 4 is 30.5 Å². The van der Waals surface area contributed by atoms with E-state index in [1.54, 1.807) is 38.2 Å². The Kier molecular flexibility index (Phi) is 15.8. The summed E-state index contributed by atoms with van der Waals surface area (Å²) in [6.45, 7) is 3.52. The first kappa shape index (κ1) is 41.2. The first-order valence-corrected chi connectivity index (χ1v) is 13.7. The number of rotatable bonds is 8. The predicted octanol–water partition coefficient (Wildman–Crippen LogP) is 5.55. The molecule has 2 aromatic heterocycles. The number of aromatic nitrogens is 2. The quantitative estimate of drug-likeness (QED) is 0.138. The van der Waals surface area contributed by atoms with E-state index in [2.05, 4.69) is 21.0 Å². The Hall–Kier alpha value is -4.86.